The summed E-state index contributed by atoms with van der Waals surface area (Å²) in [4.78, 5) is 0. The average molecular weight is 286 g/mol. The van der Waals surface area contributed by atoms with Crippen molar-refractivity contribution in [3.8, 4) is 12.3 Å². The number of allylic oxidation sites excluding steroid dienone is 1. The molecule has 0 heterocycles. The van der Waals surface area contributed by atoms with Crippen molar-refractivity contribution in [2.45, 2.75) is 20.0 Å². The van der Waals surface area contributed by atoms with Crippen molar-refractivity contribution in [1.82, 2.24) is 0 Å². The number of hydrogen-bond acceptors (Lipinski definition) is 3. The smallest absolute Gasteiger partial charge is 0.109 e. The topological polar surface area (TPSA) is 27.7 Å². The first kappa shape index (κ1) is 16.9. The lowest BCUT2D eigenvalue weighted by molar-refractivity contribution is 0.146. The Morgan fingerprint density at radius 3 is 2.81 bits per heavy atom. The average Bonchev–Trinajstić information content (AvgIpc) is 2.51. The molecule has 0 spiro atoms. The minimum absolute atomic E-state index is 0.469. The lowest BCUT2D eigenvalue weighted by Crippen LogP contribution is -1.94. The van der Waals surface area contributed by atoms with Crippen LogP contribution < -0.4 is 0 Å². The van der Waals surface area contributed by atoms with Crippen LogP contribution in [-0.2, 0) is 20.8 Å². The van der Waals surface area contributed by atoms with Gasteiger partial charge in [-0.1, -0.05) is 30.3 Å². The molecule has 0 unspecified atom stereocenters. The Hall–Kier alpha value is -2.18. The van der Waals surface area contributed by atoms with Crippen LogP contribution in [0.1, 0.15) is 18.9 Å². The Kier molecular flexibility index (Phi) is 9.34. The monoisotopic (exact) mass is 286 g/mol. The van der Waals surface area contributed by atoms with E-state index in [-0.39, 0.29) is 0 Å². The summed E-state index contributed by atoms with van der Waals surface area (Å²) in [5.41, 5.74) is 1.16. The standard InChI is InChI=1S/C18H22O3/c1-3-4-14-21-17(2)11-15-19-12-8-13-20-16-18-9-6-5-7-10-18/h1,5-12H,4,13-16H2,2H3/b12-8+,17-11+. The summed E-state index contributed by atoms with van der Waals surface area (Å²) in [5, 5.41) is 0. The summed E-state index contributed by atoms with van der Waals surface area (Å²) in [5.74, 6) is 3.34. The highest BCUT2D eigenvalue weighted by molar-refractivity contribution is 5.13. The van der Waals surface area contributed by atoms with Crippen LogP contribution in [0.15, 0.2) is 54.5 Å². The lowest BCUT2D eigenvalue weighted by Gasteiger charge is -2.04. The number of benzene rings is 1. The molecule has 0 saturated heterocycles. The fourth-order valence-electron chi connectivity index (χ4n) is 1.48. The van der Waals surface area contributed by atoms with Gasteiger partial charge in [-0.25, -0.2) is 0 Å². The Bertz CT molecular complexity index is 469. The van der Waals surface area contributed by atoms with Gasteiger partial charge in [-0.15, -0.1) is 12.3 Å². The summed E-state index contributed by atoms with van der Waals surface area (Å²) >= 11 is 0. The summed E-state index contributed by atoms with van der Waals surface area (Å²) in [6.45, 7) is 4.02. The van der Waals surface area contributed by atoms with Gasteiger partial charge in [0.05, 0.1) is 31.8 Å². The second-order valence-electron chi connectivity index (χ2n) is 4.32. The van der Waals surface area contributed by atoms with Gasteiger partial charge in [-0.2, -0.15) is 0 Å². The molecule has 0 aliphatic heterocycles. The van der Waals surface area contributed by atoms with Crippen molar-refractivity contribution in [2.24, 2.45) is 0 Å². The van der Waals surface area contributed by atoms with Crippen molar-refractivity contribution in [3.05, 3.63) is 60.1 Å². The van der Waals surface area contributed by atoms with E-state index in [2.05, 4.69) is 5.92 Å². The highest BCUT2D eigenvalue weighted by atomic mass is 16.5. The van der Waals surface area contributed by atoms with Crippen LogP contribution in [0.4, 0.5) is 0 Å². The van der Waals surface area contributed by atoms with E-state index in [1.54, 1.807) is 6.26 Å². The molecule has 0 aromatic heterocycles. The van der Waals surface area contributed by atoms with Gasteiger partial charge in [0.1, 0.15) is 6.61 Å². The molecule has 0 amide bonds. The molecule has 0 bridgehead atoms. The molecular formula is C18H22O3. The third-order valence-corrected chi connectivity index (χ3v) is 2.56. The SMILES string of the molecule is C#CCCO/C(C)=C/CO/C=C/COCc1ccccc1. The van der Waals surface area contributed by atoms with E-state index in [9.17, 15) is 0 Å². The van der Waals surface area contributed by atoms with E-state index in [0.717, 1.165) is 11.3 Å². The molecule has 21 heavy (non-hydrogen) atoms. The lowest BCUT2D eigenvalue weighted by atomic mass is 10.2. The van der Waals surface area contributed by atoms with Crippen LogP contribution in [-0.4, -0.2) is 19.8 Å². The van der Waals surface area contributed by atoms with Gasteiger partial charge in [0.15, 0.2) is 0 Å². The van der Waals surface area contributed by atoms with Gasteiger partial charge < -0.3 is 14.2 Å². The first-order chi connectivity index (χ1) is 10.3. The van der Waals surface area contributed by atoms with Gasteiger partial charge in [0, 0.05) is 6.42 Å². The Balaban J connectivity index is 2.02. The number of ether oxygens (including phenoxy) is 3. The predicted molar refractivity (Wildman–Crippen MR) is 84.3 cm³/mol. The third kappa shape index (κ3) is 9.37. The van der Waals surface area contributed by atoms with E-state index < -0.39 is 0 Å². The molecule has 3 heteroatoms. The zero-order chi connectivity index (χ0) is 15.2. The number of terminal acetylenes is 1. The molecule has 0 N–H and O–H groups in total. The molecule has 0 saturated carbocycles. The van der Waals surface area contributed by atoms with E-state index in [0.29, 0.717) is 32.8 Å². The highest BCUT2D eigenvalue weighted by Crippen LogP contribution is 2.00. The maximum absolute atomic E-state index is 5.49. The Labute approximate surface area is 127 Å². The van der Waals surface area contributed by atoms with Crippen LogP contribution in [0.5, 0.6) is 0 Å². The minimum atomic E-state index is 0.469. The van der Waals surface area contributed by atoms with Crippen molar-refractivity contribution in [3.63, 3.8) is 0 Å². The molecule has 1 aromatic carbocycles. The van der Waals surface area contributed by atoms with Crippen molar-refractivity contribution in [2.75, 3.05) is 19.8 Å². The maximum atomic E-state index is 5.49. The molecule has 0 radical (unpaired) electrons. The Morgan fingerprint density at radius 2 is 2.05 bits per heavy atom. The molecule has 3 nitrogen and oxygen atoms in total. The molecule has 1 aromatic rings. The fraction of sp³-hybridized carbons (Fsp3) is 0.333. The normalized spacial score (nSPS) is 11.3. The summed E-state index contributed by atoms with van der Waals surface area (Å²) in [6, 6.07) is 10.1. The van der Waals surface area contributed by atoms with Crippen LogP contribution in [0.25, 0.3) is 0 Å². The molecular weight excluding hydrogens is 264 g/mol. The molecule has 112 valence electrons. The number of hydrogen-bond donors (Lipinski definition) is 0. The van der Waals surface area contributed by atoms with Crippen molar-refractivity contribution in [1.29, 1.82) is 0 Å². The molecule has 0 aliphatic carbocycles. The van der Waals surface area contributed by atoms with Crippen molar-refractivity contribution >= 4 is 0 Å². The minimum Gasteiger partial charge on any atom is -0.497 e. The molecule has 0 fully saturated rings. The zero-order valence-electron chi connectivity index (χ0n) is 12.5. The maximum Gasteiger partial charge on any atom is 0.109 e. The molecule has 0 atom stereocenters. The predicted octanol–water partition coefficient (Wildman–Crippen LogP) is 3.68. The first-order valence-electron chi connectivity index (χ1n) is 6.94. The van der Waals surface area contributed by atoms with E-state index in [4.69, 9.17) is 20.6 Å². The summed E-state index contributed by atoms with van der Waals surface area (Å²) < 4.78 is 16.2. The van der Waals surface area contributed by atoms with Crippen LogP contribution in [0.2, 0.25) is 0 Å². The van der Waals surface area contributed by atoms with Gasteiger partial charge in [-0.3, -0.25) is 0 Å². The van der Waals surface area contributed by atoms with E-state index >= 15 is 0 Å². The zero-order valence-corrected chi connectivity index (χ0v) is 12.5. The third-order valence-electron chi connectivity index (χ3n) is 2.56. The fourth-order valence-corrected chi connectivity index (χ4v) is 1.48. The van der Waals surface area contributed by atoms with Crippen LogP contribution in [0, 0.1) is 12.3 Å². The quantitative estimate of drug-likeness (QED) is 0.373. The second kappa shape index (κ2) is 11.6. The Morgan fingerprint density at radius 1 is 1.24 bits per heavy atom. The van der Waals surface area contributed by atoms with Gasteiger partial charge >= 0.3 is 0 Å². The largest absolute Gasteiger partial charge is 0.497 e. The highest BCUT2D eigenvalue weighted by Gasteiger charge is 1.90. The van der Waals surface area contributed by atoms with Crippen LogP contribution >= 0.6 is 0 Å². The molecule has 0 aliphatic rings. The van der Waals surface area contributed by atoms with Crippen molar-refractivity contribution < 1.29 is 14.2 Å². The summed E-state index contributed by atoms with van der Waals surface area (Å²) in [7, 11) is 0. The first-order valence-corrected chi connectivity index (χ1v) is 6.94. The van der Waals surface area contributed by atoms with E-state index in [1.165, 1.54) is 0 Å². The molecule has 1 rings (SSSR count). The van der Waals surface area contributed by atoms with Gasteiger partial charge in [0.25, 0.3) is 0 Å². The second-order valence-corrected chi connectivity index (χ2v) is 4.32. The number of rotatable bonds is 10. The van der Waals surface area contributed by atoms with Gasteiger partial charge in [0.2, 0.25) is 0 Å². The van der Waals surface area contributed by atoms with E-state index in [1.807, 2.05) is 49.4 Å². The van der Waals surface area contributed by atoms with Crippen LogP contribution in [0.3, 0.4) is 0 Å². The summed E-state index contributed by atoms with van der Waals surface area (Å²) in [6.07, 6.45) is 11.1. The van der Waals surface area contributed by atoms with Gasteiger partial charge in [-0.05, 0) is 24.6 Å².